The predicted molar refractivity (Wildman–Crippen MR) is 111 cm³/mol. The number of carbonyl (C=O) groups excluding carboxylic acids is 1. The highest BCUT2D eigenvalue weighted by molar-refractivity contribution is 7.92. The van der Waals surface area contributed by atoms with Crippen LogP contribution in [0.25, 0.3) is 0 Å². The van der Waals surface area contributed by atoms with Gasteiger partial charge in [0.2, 0.25) is 0 Å². The highest BCUT2D eigenvalue weighted by Crippen LogP contribution is 2.34. The molecule has 1 saturated carbocycles. The Morgan fingerprint density at radius 3 is 2.41 bits per heavy atom. The van der Waals surface area contributed by atoms with Crippen molar-refractivity contribution in [3.8, 4) is 0 Å². The van der Waals surface area contributed by atoms with Gasteiger partial charge in [-0.2, -0.15) is 0 Å². The average molecular weight is 391 g/mol. The standard InChI is InChI=1S/C23H34O3S/c1-4-23(2,3)27(25,26)16-17-8-12-20(13-9-17)22(24)15-18-10-11-19-6-5-7-21(19)14-18/h10-11,14,17,20H,4-9,12-13,15-16H2,1-3H3. The summed E-state index contributed by atoms with van der Waals surface area (Å²) in [5, 5.41) is 0. The summed E-state index contributed by atoms with van der Waals surface area (Å²) in [6.07, 6.45) is 8.13. The van der Waals surface area contributed by atoms with Crippen molar-refractivity contribution in [2.24, 2.45) is 11.8 Å². The number of hydrogen-bond acceptors (Lipinski definition) is 3. The lowest BCUT2D eigenvalue weighted by Gasteiger charge is -2.31. The van der Waals surface area contributed by atoms with E-state index in [9.17, 15) is 13.2 Å². The van der Waals surface area contributed by atoms with Crippen LogP contribution in [0, 0.1) is 11.8 Å². The summed E-state index contributed by atoms with van der Waals surface area (Å²) in [5.41, 5.74) is 4.02. The molecular weight excluding hydrogens is 356 g/mol. The number of carbonyl (C=O) groups is 1. The molecule has 150 valence electrons. The van der Waals surface area contributed by atoms with E-state index in [2.05, 4.69) is 18.2 Å². The van der Waals surface area contributed by atoms with Crippen molar-refractivity contribution in [1.29, 1.82) is 0 Å². The highest BCUT2D eigenvalue weighted by Gasteiger charge is 2.36. The number of ketones is 1. The van der Waals surface area contributed by atoms with Gasteiger partial charge in [0.05, 0.1) is 10.5 Å². The zero-order chi connectivity index (χ0) is 19.7. The van der Waals surface area contributed by atoms with Crippen LogP contribution in [0.4, 0.5) is 0 Å². The zero-order valence-corrected chi connectivity index (χ0v) is 17.9. The van der Waals surface area contributed by atoms with Crippen LogP contribution in [-0.2, 0) is 33.9 Å². The van der Waals surface area contributed by atoms with Gasteiger partial charge in [-0.1, -0.05) is 25.1 Å². The highest BCUT2D eigenvalue weighted by atomic mass is 32.2. The molecule has 0 spiro atoms. The van der Waals surface area contributed by atoms with Gasteiger partial charge in [0, 0.05) is 12.3 Å². The molecule has 0 unspecified atom stereocenters. The van der Waals surface area contributed by atoms with E-state index in [4.69, 9.17) is 0 Å². The minimum absolute atomic E-state index is 0.108. The number of benzene rings is 1. The molecule has 2 aliphatic rings. The molecule has 0 atom stereocenters. The number of hydrogen-bond donors (Lipinski definition) is 0. The van der Waals surface area contributed by atoms with Crippen LogP contribution in [0.5, 0.6) is 0 Å². The van der Waals surface area contributed by atoms with Gasteiger partial charge < -0.3 is 0 Å². The molecule has 27 heavy (non-hydrogen) atoms. The average Bonchev–Trinajstić information content (AvgIpc) is 3.09. The van der Waals surface area contributed by atoms with Crippen LogP contribution in [-0.4, -0.2) is 24.7 Å². The number of sulfone groups is 1. The third kappa shape index (κ3) is 4.64. The molecule has 3 rings (SSSR count). The maximum absolute atomic E-state index is 12.7. The van der Waals surface area contributed by atoms with Crippen molar-refractivity contribution >= 4 is 15.6 Å². The number of Topliss-reactive ketones (excluding diaryl/α,β-unsaturated/α-hetero) is 1. The fourth-order valence-electron chi connectivity index (χ4n) is 4.49. The maximum atomic E-state index is 12.7. The fraction of sp³-hybridized carbons (Fsp3) is 0.696. The van der Waals surface area contributed by atoms with E-state index in [1.165, 1.54) is 24.0 Å². The first-order chi connectivity index (χ1) is 12.7. The Labute approximate surface area is 164 Å². The van der Waals surface area contributed by atoms with Gasteiger partial charge in [0.25, 0.3) is 0 Å². The van der Waals surface area contributed by atoms with Crippen LogP contribution >= 0.6 is 0 Å². The largest absolute Gasteiger partial charge is 0.299 e. The number of aryl methyl sites for hydroxylation is 2. The molecule has 3 nitrogen and oxygen atoms in total. The summed E-state index contributed by atoms with van der Waals surface area (Å²) in [7, 11) is -3.09. The second kappa shape index (κ2) is 8.06. The second-order valence-electron chi connectivity index (χ2n) is 9.21. The molecule has 2 aliphatic carbocycles. The summed E-state index contributed by atoms with van der Waals surface area (Å²) in [6, 6.07) is 6.54. The molecule has 0 aromatic heterocycles. The van der Waals surface area contributed by atoms with Crippen molar-refractivity contribution in [3.05, 3.63) is 34.9 Å². The summed E-state index contributed by atoms with van der Waals surface area (Å²) >= 11 is 0. The Morgan fingerprint density at radius 2 is 1.74 bits per heavy atom. The van der Waals surface area contributed by atoms with Crippen molar-refractivity contribution < 1.29 is 13.2 Å². The first-order valence-corrected chi connectivity index (χ1v) is 12.2. The molecular formula is C23H34O3S. The minimum atomic E-state index is -3.09. The summed E-state index contributed by atoms with van der Waals surface area (Å²) in [4.78, 5) is 12.7. The molecule has 4 heteroatoms. The smallest absolute Gasteiger partial charge is 0.155 e. The second-order valence-corrected chi connectivity index (χ2v) is 11.9. The van der Waals surface area contributed by atoms with E-state index in [0.717, 1.165) is 37.7 Å². The Balaban J connectivity index is 1.52. The van der Waals surface area contributed by atoms with Gasteiger partial charge in [-0.15, -0.1) is 0 Å². The Morgan fingerprint density at radius 1 is 1.07 bits per heavy atom. The molecule has 0 saturated heterocycles. The third-order valence-corrected chi connectivity index (χ3v) is 9.87. The maximum Gasteiger partial charge on any atom is 0.155 e. The van der Waals surface area contributed by atoms with Crippen molar-refractivity contribution in [3.63, 3.8) is 0 Å². The van der Waals surface area contributed by atoms with Crippen molar-refractivity contribution in [2.75, 3.05) is 5.75 Å². The molecule has 1 fully saturated rings. The summed E-state index contributed by atoms with van der Waals surface area (Å²) in [6.45, 7) is 5.59. The van der Waals surface area contributed by atoms with E-state index >= 15 is 0 Å². The fourth-order valence-corrected chi connectivity index (χ4v) is 6.33. The van der Waals surface area contributed by atoms with Crippen molar-refractivity contribution in [2.45, 2.75) is 83.3 Å². The van der Waals surface area contributed by atoms with Gasteiger partial charge in [-0.25, -0.2) is 8.42 Å². The molecule has 0 amide bonds. The van der Waals surface area contributed by atoms with E-state index in [-0.39, 0.29) is 17.6 Å². The Hall–Kier alpha value is -1.16. The molecule has 0 heterocycles. The van der Waals surface area contributed by atoms with Gasteiger partial charge in [0.1, 0.15) is 5.78 Å². The third-order valence-electron chi connectivity index (χ3n) is 6.99. The van der Waals surface area contributed by atoms with Crippen LogP contribution < -0.4 is 0 Å². The molecule has 1 aromatic rings. The first kappa shape index (κ1) is 20.6. The topological polar surface area (TPSA) is 51.2 Å². The number of rotatable bonds is 7. The van der Waals surface area contributed by atoms with Crippen molar-refractivity contribution in [1.82, 2.24) is 0 Å². The number of fused-ring (bicyclic) bond motifs is 1. The lowest BCUT2D eigenvalue weighted by Crippen LogP contribution is -2.37. The van der Waals surface area contributed by atoms with E-state index in [1.54, 1.807) is 0 Å². The first-order valence-electron chi connectivity index (χ1n) is 10.6. The lowest BCUT2D eigenvalue weighted by molar-refractivity contribution is -0.123. The predicted octanol–water partition coefficient (Wildman–Crippen LogP) is 4.70. The van der Waals surface area contributed by atoms with Crippen LogP contribution in [0.1, 0.15) is 76.0 Å². The lowest BCUT2D eigenvalue weighted by atomic mass is 9.79. The summed E-state index contributed by atoms with van der Waals surface area (Å²) in [5.74, 6) is 0.934. The quantitative estimate of drug-likeness (QED) is 0.678. The Kier molecular flexibility index (Phi) is 6.14. The van der Waals surface area contributed by atoms with E-state index < -0.39 is 14.6 Å². The molecule has 0 N–H and O–H groups in total. The minimum Gasteiger partial charge on any atom is -0.299 e. The molecule has 1 aromatic carbocycles. The van der Waals surface area contributed by atoms with Crippen LogP contribution in [0.15, 0.2) is 18.2 Å². The van der Waals surface area contributed by atoms with Gasteiger partial charge >= 0.3 is 0 Å². The molecule has 0 aliphatic heterocycles. The normalized spacial score (nSPS) is 23.2. The zero-order valence-electron chi connectivity index (χ0n) is 17.1. The van der Waals surface area contributed by atoms with E-state index in [0.29, 0.717) is 18.6 Å². The van der Waals surface area contributed by atoms with Gasteiger partial charge in [-0.05, 0) is 87.8 Å². The molecule has 0 bridgehead atoms. The van der Waals surface area contributed by atoms with E-state index in [1.807, 2.05) is 20.8 Å². The van der Waals surface area contributed by atoms with Gasteiger partial charge in [-0.3, -0.25) is 4.79 Å². The van der Waals surface area contributed by atoms with Gasteiger partial charge in [0.15, 0.2) is 9.84 Å². The Bertz CT molecular complexity index is 784. The summed E-state index contributed by atoms with van der Waals surface area (Å²) < 4.78 is 24.6. The van der Waals surface area contributed by atoms with Crippen LogP contribution in [0.2, 0.25) is 0 Å². The SMILES string of the molecule is CCC(C)(C)S(=O)(=O)CC1CCC(C(=O)Cc2ccc3c(c2)CCC3)CC1. The molecule has 0 radical (unpaired) electrons. The van der Waals surface area contributed by atoms with Crippen LogP contribution in [0.3, 0.4) is 0 Å². The monoisotopic (exact) mass is 390 g/mol.